The molecule has 0 aliphatic carbocycles. The molecular weight excluding hydrogens is 316 g/mol. The fourth-order valence-electron chi connectivity index (χ4n) is 2.70. The number of carbonyl (C=O) groups is 1. The third-order valence-electron chi connectivity index (χ3n) is 4.03. The van der Waals surface area contributed by atoms with Crippen molar-refractivity contribution in [2.24, 2.45) is 0 Å². The zero-order valence-corrected chi connectivity index (χ0v) is 15.3. The maximum absolute atomic E-state index is 12.6. The molecule has 1 aromatic carbocycles. The van der Waals surface area contributed by atoms with Crippen LogP contribution in [0, 0.1) is 25.2 Å². The average molecular weight is 340 g/mol. The lowest BCUT2D eigenvalue weighted by Gasteiger charge is -2.12. The van der Waals surface area contributed by atoms with Gasteiger partial charge in [0.25, 0.3) is 5.91 Å². The van der Waals surface area contributed by atoms with Crippen molar-refractivity contribution in [1.29, 1.82) is 5.26 Å². The van der Waals surface area contributed by atoms with Gasteiger partial charge in [-0.3, -0.25) is 9.48 Å². The van der Waals surface area contributed by atoms with Crippen molar-refractivity contribution in [3.63, 3.8) is 0 Å². The molecule has 0 spiro atoms. The number of aryl methyl sites for hydroxylation is 1. The molecule has 1 aromatic heterocycles. The quantitative estimate of drug-likeness (QED) is 0.875. The van der Waals surface area contributed by atoms with Crippen LogP contribution in [0.4, 0.5) is 0 Å². The fourth-order valence-corrected chi connectivity index (χ4v) is 2.70. The van der Waals surface area contributed by atoms with Crippen molar-refractivity contribution >= 4 is 5.91 Å². The largest absolute Gasteiger partial charge is 0.392 e. The van der Waals surface area contributed by atoms with E-state index in [2.05, 4.69) is 16.5 Å². The Morgan fingerprint density at radius 3 is 2.56 bits per heavy atom. The number of hydrogen-bond acceptors (Lipinski definition) is 4. The number of rotatable bonds is 5. The number of nitrogens with one attached hydrogen (secondary N) is 1. The zero-order chi connectivity index (χ0) is 18.7. The summed E-state index contributed by atoms with van der Waals surface area (Å²) in [5.74, 6) is -0.254. The molecule has 132 valence electrons. The number of carbonyl (C=O) groups excluding carboxylic acids is 1. The summed E-state index contributed by atoms with van der Waals surface area (Å²) in [7, 11) is 0. The number of aliphatic hydroxyl groups excluding tert-OH is 1. The maximum Gasteiger partial charge on any atom is 0.269 e. The van der Waals surface area contributed by atoms with Crippen LogP contribution in [0.3, 0.4) is 0 Å². The third kappa shape index (κ3) is 3.89. The molecule has 6 heteroatoms. The number of benzene rings is 1. The van der Waals surface area contributed by atoms with E-state index in [-0.39, 0.29) is 18.5 Å². The number of aliphatic hydroxyl groups is 1. The van der Waals surface area contributed by atoms with Crippen molar-refractivity contribution in [3.05, 3.63) is 40.6 Å². The SMILES string of the molecule is Cc1cc(-c2nn(C(C)C)c(C(=O)NC[C@@H](C)O)c2C)ccc1C#N. The van der Waals surface area contributed by atoms with Gasteiger partial charge >= 0.3 is 0 Å². The van der Waals surface area contributed by atoms with E-state index in [4.69, 9.17) is 5.26 Å². The first-order chi connectivity index (χ1) is 11.8. The maximum atomic E-state index is 12.6. The predicted octanol–water partition coefficient (Wildman–Crippen LogP) is 2.73. The Morgan fingerprint density at radius 1 is 1.36 bits per heavy atom. The minimum atomic E-state index is -0.611. The molecule has 0 fully saturated rings. The van der Waals surface area contributed by atoms with Gasteiger partial charge in [0.05, 0.1) is 23.4 Å². The molecule has 25 heavy (non-hydrogen) atoms. The summed E-state index contributed by atoms with van der Waals surface area (Å²) >= 11 is 0. The molecule has 0 radical (unpaired) electrons. The van der Waals surface area contributed by atoms with E-state index in [1.54, 1.807) is 17.7 Å². The Balaban J connectivity index is 2.51. The van der Waals surface area contributed by atoms with E-state index < -0.39 is 6.10 Å². The summed E-state index contributed by atoms with van der Waals surface area (Å²) in [6.45, 7) is 9.49. The van der Waals surface area contributed by atoms with Gasteiger partial charge in [0, 0.05) is 23.7 Å². The van der Waals surface area contributed by atoms with E-state index in [0.717, 1.165) is 22.4 Å². The summed E-state index contributed by atoms with van der Waals surface area (Å²) in [6, 6.07) is 7.70. The van der Waals surface area contributed by atoms with Gasteiger partial charge in [-0.25, -0.2) is 0 Å². The van der Waals surface area contributed by atoms with Crippen LogP contribution in [0.25, 0.3) is 11.3 Å². The summed E-state index contributed by atoms with van der Waals surface area (Å²) in [6.07, 6.45) is -0.611. The van der Waals surface area contributed by atoms with Gasteiger partial charge in [0.2, 0.25) is 0 Å². The van der Waals surface area contributed by atoms with Gasteiger partial charge < -0.3 is 10.4 Å². The molecular formula is C19H24N4O2. The van der Waals surface area contributed by atoms with Crippen LogP contribution in [0.5, 0.6) is 0 Å². The lowest BCUT2D eigenvalue weighted by molar-refractivity contribution is 0.0911. The molecule has 6 nitrogen and oxygen atoms in total. The lowest BCUT2D eigenvalue weighted by Crippen LogP contribution is -2.32. The van der Waals surface area contributed by atoms with Gasteiger partial charge in [-0.2, -0.15) is 10.4 Å². The second kappa shape index (κ2) is 7.49. The standard InChI is InChI=1S/C19H24N4O2/c1-11(2)23-18(19(25)21-10-13(4)24)14(5)17(22-23)15-6-7-16(9-20)12(3)8-15/h6-8,11,13,24H,10H2,1-5H3,(H,21,25)/t13-/m1/s1. The highest BCUT2D eigenvalue weighted by Crippen LogP contribution is 2.28. The Hall–Kier alpha value is -2.65. The molecule has 0 saturated carbocycles. The van der Waals surface area contributed by atoms with E-state index in [9.17, 15) is 9.90 Å². The number of nitriles is 1. The van der Waals surface area contributed by atoms with Crippen LogP contribution >= 0.6 is 0 Å². The Kier molecular flexibility index (Phi) is 5.60. The molecule has 0 aliphatic heterocycles. The summed E-state index contributed by atoms with van der Waals surface area (Å²) < 4.78 is 1.70. The third-order valence-corrected chi connectivity index (χ3v) is 4.03. The molecule has 0 saturated heterocycles. The molecule has 0 aliphatic rings. The normalized spacial score (nSPS) is 12.1. The zero-order valence-electron chi connectivity index (χ0n) is 15.3. The van der Waals surface area contributed by atoms with Crippen molar-refractivity contribution in [2.75, 3.05) is 6.54 Å². The van der Waals surface area contributed by atoms with Gasteiger partial charge in [-0.05, 0) is 52.3 Å². The monoisotopic (exact) mass is 340 g/mol. The van der Waals surface area contributed by atoms with Crippen LogP contribution in [0.1, 0.15) is 54.0 Å². The van der Waals surface area contributed by atoms with E-state index in [1.165, 1.54) is 0 Å². The van der Waals surface area contributed by atoms with Crippen LogP contribution in [-0.4, -0.2) is 33.4 Å². The van der Waals surface area contributed by atoms with E-state index in [1.807, 2.05) is 39.8 Å². The van der Waals surface area contributed by atoms with Crippen LogP contribution in [-0.2, 0) is 0 Å². The molecule has 1 heterocycles. The second-order valence-corrected chi connectivity index (χ2v) is 6.56. The van der Waals surface area contributed by atoms with Crippen LogP contribution in [0.15, 0.2) is 18.2 Å². The Morgan fingerprint density at radius 2 is 2.04 bits per heavy atom. The molecule has 1 amide bonds. The summed E-state index contributed by atoms with van der Waals surface area (Å²) in [5.41, 5.74) is 4.37. The fraction of sp³-hybridized carbons (Fsp3) is 0.421. The number of aromatic nitrogens is 2. The minimum Gasteiger partial charge on any atom is -0.392 e. The molecule has 2 N–H and O–H groups in total. The van der Waals surface area contributed by atoms with Gasteiger partial charge in [-0.15, -0.1) is 0 Å². The summed E-state index contributed by atoms with van der Waals surface area (Å²) in [5, 5.41) is 25.9. The van der Waals surface area contributed by atoms with Crippen molar-refractivity contribution < 1.29 is 9.90 Å². The van der Waals surface area contributed by atoms with Crippen molar-refractivity contribution in [1.82, 2.24) is 15.1 Å². The highest BCUT2D eigenvalue weighted by Gasteiger charge is 2.23. The predicted molar refractivity (Wildman–Crippen MR) is 96.3 cm³/mol. The van der Waals surface area contributed by atoms with E-state index >= 15 is 0 Å². The Labute approximate surface area is 148 Å². The molecule has 2 rings (SSSR count). The van der Waals surface area contributed by atoms with Crippen LogP contribution in [0.2, 0.25) is 0 Å². The van der Waals surface area contributed by atoms with Gasteiger partial charge in [0.15, 0.2) is 0 Å². The first-order valence-corrected chi connectivity index (χ1v) is 8.32. The Bertz CT molecular complexity index is 829. The van der Waals surface area contributed by atoms with Crippen molar-refractivity contribution in [2.45, 2.75) is 46.8 Å². The number of nitrogens with zero attached hydrogens (tertiary/aromatic N) is 3. The molecule has 0 bridgehead atoms. The first kappa shape index (κ1) is 18.7. The van der Waals surface area contributed by atoms with Gasteiger partial charge in [0.1, 0.15) is 5.69 Å². The number of hydrogen-bond donors (Lipinski definition) is 2. The second-order valence-electron chi connectivity index (χ2n) is 6.56. The number of amides is 1. The molecule has 0 unspecified atom stereocenters. The van der Waals surface area contributed by atoms with Gasteiger partial charge in [-0.1, -0.05) is 6.07 Å². The average Bonchev–Trinajstić information content (AvgIpc) is 2.90. The topological polar surface area (TPSA) is 90.9 Å². The highest BCUT2D eigenvalue weighted by atomic mass is 16.3. The molecule has 1 atom stereocenters. The minimum absolute atomic E-state index is 0.0132. The highest BCUT2D eigenvalue weighted by molar-refractivity contribution is 5.95. The van der Waals surface area contributed by atoms with Crippen molar-refractivity contribution in [3.8, 4) is 17.3 Å². The van der Waals surface area contributed by atoms with Crippen LogP contribution < -0.4 is 5.32 Å². The summed E-state index contributed by atoms with van der Waals surface area (Å²) in [4.78, 5) is 12.6. The smallest absolute Gasteiger partial charge is 0.269 e. The first-order valence-electron chi connectivity index (χ1n) is 8.32. The van der Waals surface area contributed by atoms with E-state index in [0.29, 0.717) is 11.3 Å². The molecule has 2 aromatic rings. The lowest BCUT2D eigenvalue weighted by atomic mass is 10.0.